The molecule has 0 aliphatic heterocycles. The van der Waals surface area contributed by atoms with E-state index in [2.05, 4.69) is 20.6 Å². The minimum Gasteiger partial charge on any atom is -0.497 e. The molecule has 4 N–H and O–H groups in total. The summed E-state index contributed by atoms with van der Waals surface area (Å²) in [5.74, 6) is 0.617. The van der Waals surface area contributed by atoms with Crippen LogP contribution in [0.4, 0.5) is 9.18 Å². The molecule has 33 heavy (non-hydrogen) atoms. The van der Waals surface area contributed by atoms with E-state index >= 15 is 0 Å². The van der Waals surface area contributed by atoms with Gasteiger partial charge in [-0.15, -0.1) is 0 Å². The summed E-state index contributed by atoms with van der Waals surface area (Å²) in [7, 11) is 1.49. The Morgan fingerprint density at radius 3 is 2.58 bits per heavy atom. The zero-order valence-electron chi connectivity index (χ0n) is 18.7. The lowest BCUT2D eigenvalue weighted by molar-refractivity contribution is -0.0694. The number of amides is 2. The summed E-state index contributed by atoms with van der Waals surface area (Å²) < 4.78 is 19.8. The highest BCUT2D eigenvalue weighted by molar-refractivity contribution is 5.77. The Balaban J connectivity index is 1.38. The van der Waals surface area contributed by atoms with Crippen LogP contribution in [0.25, 0.3) is 11.0 Å². The molecule has 7 nitrogen and oxygen atoms in total. The fourth-order valence-electron chi connectivity index (χ4n) is 5.18. The van der Waals surface area contributed by atoms with E-state index in [1.54, 1.807) is 12.1 Å². The lowest BCUT2D eigenvalue weighted by Gasteiger charge is -2.51. The van der Waals surface area contributed by atoms with E-state index in [-0.39, 0.29) is 18.0 Å². The zero-order chi connectivity index (χ0) is 23.1. The highest BCUT2D eigenvalue weighted by Crippen LogP contribution is 2.46. The van der Waals surface area contributed by atoms with Crippen LogP contribution < -0.4 is 15.4 Å². The second-order valence-electron chi connectivity index (χ2n) is 9.46. The molecule has 3 aliphatic carbocycles. The Kier molecular flexibility index (Phi) is 5.48. The summed E-state index contributed by atoms with van der Waals surface area (Å²) in [4.78, 5) is 21.0. The molecule has 174 valence electrons. The monoisotopic (exact) mass is 452 g/mol. The average molecular weight is 453 g/mol. The van der Waals surface area contributed by atoms with E-state index in [1.807, 2.05) is 24.3 Å². The number of ether oxygens (including phenoxy) is 1. The predicted octanol–water partition coefficient (Wildman–Crippen LogP) is 4.13. The van der Waals surface area contributed by atoms with E-state index in [4.69, 9.17) is 4.74 Å². The molecule has 3 saturated carbocycles. The van der Waals surface area contributed by atoms with Crippen LogP contribution >= 0.6 is 0 Å². The van der Waals surface area contributed by atoms with Crippen molar-refractivity contribution in [1.82, 2.24) is 20.6 Å². The van der Waals surface area contributed by atoms with E-state index < -0.39 is 17.5 Å². The number of urea groups is 1. The van der Waals surface area contributed by atoms with Gasteiger partial charge in [-0.25, -0.2) is 14.2 Å². The van der Waals surface area contributed by atoms with E-state index in [0.717, 1.165) is 30.3 Å². The fourth-order valence-corrected chi connectivity index (χ4v) is 5.18. The topological polar surface area (TPSA) is 99.3 Å². The van der Waals surface area contributed by atoms with Gasteiger partial charge in [-0.3, -0.25) is 0 Å². The molecule has 2 aromatic carbocycles. The number of H-pyrrole nitrogens is 1. The lowest BCUT2D eigenvalue weighted by atomic mass is 9.63. The van der Waals surface area contributed by atoms with Crippen molar-refractivity contribution in [3.8, 4) is 5.75 Å². The van der Waals surface area contributed by atoms with Crippen LogP contribution in [-0.2, 0) is 6.42 Å². The number of benzene rings is 2. The smallest absolute Gasteiger partial charge is 0.315 e. The third-order valence-electron chi connectivity index (χ3n) is 7.31. The number of para-hydroxylation sites is 2. The minimum atomic E-state index is -0.567. The van der Waals surface area contributed by atoms with Gasteiger partial charge in [0, 0.05) is 18.0 Å². The van der Waals surface area contributed by atoms with Crippen molar-refractivity contribution in [2.75, 3.05) is 7.11 Å². The Morgan fingerprint density at radius 2 is 1.91 bits per heavy atom. The van der Waals surface area contributed by atoms with Gasteiger partial charge in [-0.05, 0) is 62.3 Å². The summed E-state index contributed by atoms with van der Waals surface area (Å²) >= 11 is 0. The minimum absolute atomic E-state index is 0.232. The number of hydrogen-bond acceptors (Lipinski definition) is 4. The van der Waals surface area contributed by atoms with Gasteiger partial charge in [0.05, 0.1) is 29.8 Å². The zero-order valence-corrected chi connectivity index (χ0v) is 18.7. The molecular formula is C25H29FN4O3. The quantitative estimate of drug-likeness (QED) is 0.452. The molecule has 3 aliphatic rings. The molecule has 0 saturated heterocycles. The number of nitrogens with zero attached hydrogens (tertiary/aromatic N) is 1. The number of carbonyl (C=O) groups excluding carboxylic acids is 1. The van der Waals surface area contributed by atoms with Gasteiger partial charge in [0.25, 0.3) is 0 Å². The summed E-state index contributed by atoms with van der Waals surface area (Å²) in [5.41, 5.74) is 1.24. The predicted molar refractivity (Wildman–Crippen MR) is 123 cm³/mol. The molecule has 1 heterocycles. The molecule has 0 unspecified atom stereocenters. The van der Waals surface area contributed by atoms with Crippen LogP contribution in [0.15, 0.2) is 42.5 Å². The van der Waals surface area contributed by atoms with Gasteiger partial charge in [0.15, 0.2) is 0 Å². The van der Waals surface area contributed by atoms with Crippen molar-refractivity contribution in [3.63, 3.8) is 0 Å². The SMILES string of the molecule is COc1ccc(C[C@@H](NC(=O)NC23CCC(O)(CC2)CC3)c2nc3ccccc3[nH]2)c(F)c1. The van der Waals surface area contributed by atoms with E-state index in [9.17, 15) is 14.3 Å². The van der Waals surface area contributed by atoms with Crippen molar-refractivity contribution in [2.45, 2.75) is 62.1 Å². The molecule has 1 atom stereocenters. The van der Waals surface area contributed by atoms with Gasteiger partial charge in [-0.2, -0.15) is 0 Å². The third kappa shape index (κ3) is 4.39. The first kappa shape index (κ1) is 21.7. The maximum atomic E-state index is 14.7. The number of methoxy groups -OCH3 is 1. The van der Waals surface area contributed by atoms with Gasteiger partial charge < -0.3 is 25.5 Å². The molecule has 8 heteroatoms. The van der Waals surface area contributed by atoms with Gasteiger partial charge in [-0.1, -0.05) is 18.2 Å². The van der Waals surface area contributed by atoms with Crippen LogP contribution in [0.1, 0.15) is 56.0 Å². The van der Waals surface area contributed by atoms with Crippen LogP contribution in [0.3, 0.4) is 0 Å². The molecule has 3 fully saturated rings. The maximum absolute atomic E-state index is 14.7. The lowest BCUT2D eigenvalue weighted by Crippen LogP contribution is -2.60. The number of rotatable bonds is 6. The summed E-state index contributed by atoms with van der Waals surface area (Å²) in [5, 5.41) is 16.7. The third-order valence-corrected chi connectivity index (χ3v) is 7.31. The number of aliphatic hydroxyl groups is 1. The number of aromatic nitrogens is 2. The summed E-state index contributed by atoms with van der Waals surface area (Å²) in [6, 6.07) is 11.5. The number of hydrogen-bond donors (Lipinski definition) is 4. The molecule has 2 amide bonds. The highest BCUT2D eigenvalue weighted by atomic mass is 19.1. The molecule has 6 rings (SSSR count). The molecular weight excluding hydrogens is 423 g/mol. The number of fused-ring (bicyclic) bond motifs is 4. The largest absolute Gasteiger partial charge is 0.497 e. The standard InChI is InChI=1S/C25H29FN4O3/c1-33-17-7-6-16(18(26)15-17)14-21(22-27-19-4-2-3-5-20(19)28-22)29-23(31)30-24-8-11-25(32,12-9-24)13-10-24/h2-7,15,21,32H,8-14H2,1H3,(H,27,28)(H2,29,30,31)/t21-,24?,25?/m1/s1. The first-order chi connectivity index (χ1) is 15.9. The Hall–Kier alpha value is -3.13. The number of nitrogens with one attached hydrogen (secondary N) is 3. The fraction of sp³-hybridized carbons (Fsp3) is 0.440. The molecule has 3 aromatic rings. The number of imidazole rings is 1. The first-order valence-corrected chi connectivity index (χ1v) is 11.5. The summed E-state index contributed by atoms with van der Waals surface area (Å²) in [6.07, 6.45) is 4.64. The number of halogens is 1. The van der Waals surface area contributed by atoms with Crippen LogP contribution in [-0.4, -0.2) is 39.4 Å². The van der Waals surface area contributed by atoms with Crippen LogP contribution in [0, 0.1) is 5.82 Å². The van der Waals surface area contributed by atoms with Gasteiger partial charge in [0.1, 0.15) is 17.4 Å². The highest BCUT2D eigenvalue weighted by Gasteiger charge is 2.48. The van der Waals surface area contributed by atoms with E-state index in [0.29, 0.717) is 36.4 Å². The summed E-state index contributed by atoms with van der Waals surface area (Å²) in [6.45, 7) is 0. The Labute approximate surface area is 191 Å². The Bertz CT molecular complexity index is 1120. The number of aromatic amines is 1. The number of carbonyl (C=O) groups is 1. The molecule has 1 aromatic heterocycles. The van der Waals surface area contributed by atoms with Gasteiger partial charge in [0.2, 0.25) is 0 Å². The van der Waals surface area contributed by atoms with Crippen molar-refractivity contribution in [3.05, 3.63) is 59.7 Å². The van der Waals surface area contributed by atoms with Crippen LogP contribution in [0.2, 0.25) is 0 Å². The van der Waals surface area contributed by atoms with Crippen molar-refractivity contribution >= 4 is 17.1 Å². The Morgan fingerprint density at radius 1 is 1.18 bits per heavy atom. The first-order valence-electron chi connectivity index (χ1n) is 11.5. The second-order valence-corrected chi connectivity index (χ2v) is 9.46. The van der Waals surface area contributed by atoms with Crippen molar-refractivity contribution in [2.24, 2.45) is 0 Å². The maximum Gasteiger partial charge on any atom is 0.315 e. The molecule has 0 spiro atoms. The van der Waals surface area contributed by atoms with E-state index in [1.165, 1.54) is 13.2 Å². The average Bonchev–Trinajstić information content (AvgIpc) is 3.25. The van der Waals surface area contributed by atoms with Crippen LogP contribution in [0.5, 0.6) is 5.75 Å². The molecule has 0 radical (unpaired) electrons. The van der Waals surface area contributed by atoms with Gasteiger partial charge >= 0.3 is 6.03 Å². The second kappa shape index (κ2) is 8.33. The van der Waals surface area contributed by atoms with Crippen molar-refractivity contribution < 1.29 is 19.0 Å². The molecule has 2 bridgehead atoms. The normalized spacial score (nSPS) is 25.1. The van der Waals surface area contributed by atoms with Crippen molar-refractivity contribution in [1.29, 1.82) is 0 Å².